The van der Waals surface area contributed by atoms with Crippen molar-refractivity contribution in [2.45, 2.75) is 25.0 Å². The number of carboxylic acid groups (broad SMARTS) is 1. The number of nitrogens with zero attached hydrogens (tertiary/aromatic N) is 3. The topological polar surface area (TPSA) is 97.1 Å². The van der Waals surface area contributed by atoms with Gasteiger partial charge in [-0.2, -0.15) is 0 Å². The second-order valence-electron chi connectivity index (χ2n) is 6.36. The van der Waals surface area contributed by atoms with Crippen LogP contribution < -0.4 is 5.32 Å². The summed E-state index contributed by atoms with van der Waals surface area (Å²) >= 11 is 1.31. The molecule has 0 saturated heterocycles. The third-order valence-electron chi connectivity index (χ3n) is 3.96. The number of amides is 1. The summed E-state index contributed by atoms with van der Waals surface area (Å²) in [6.45, 7) is 4.09. The monoisotopic (exact) mass is 396 g/mol. The molecule has 0 aliphatic carbocycles. The van der Waals surface area contributed by atoms with Crippen molar-refractivity contribution in [3.05, 3.63) is 60.2 Å². The van der Waals surface area contributed by atoms with Gasteiger partial charge in [-0.3, -0.25) is 9.36 Å². The van der Waals surface area contributed by atoms with Crippen molar-refractivity contribution in [3.8, 4) is 11.4 Å². The van der Waals surface area contributed by atoms with Crippen LogP contribution in [0, 0.1) is 0 Å². The SMILES string of the molecule is CC(C)n1c(SCC(=O)Nc2ccc(C(=O)O)cc2)nnc1-c1ccccc1. The number of benzene rings is 2. The highest BCUT2D eigenvalue weighted by atomic mass is 32.2. The highest BCUT2D eigenvalue weighted by molar-refractivity contribution is 7.99. The van der Waals surface area contributed by atoms with Gasteiger partial charge in [-0.15, -0.1) is 10.2 Å². The number of aromatic nitrogens is 3. The Morgan fingerprint density at radius 3 is 2.36 bits per heavy atom. The Balaban J connectivity index is 1.68. The molecule has 2 aromatic carbocycles. The molecule has 144 valence electrons. The number of nitrogens with one attached hydrogen (secondary N) is 1. The van der Waals surface area contributed by atoms with Gasteiger partial charge in [0.1, 0.15) is 0 Å². The molecule has 0 saturated carbocycles. The van der Waals surface area contributed by atoms with Crippen LogP contribution in [0.15, 0.2) is 59.8 Å². The fraction of sp³-hybridized carbons (Fsp3) is 0.200. The van der Waals surface area contributed by atoms with Crippen LogP contribution in [0.25, 0.3) is 11.4 Å². The third kappa shape index (κ3) is 4.58. The summed E-state index contributed by atoms with van der Waals surface area (Å²) < 4.78 is 2.01. The van der Waals surface area contributed by atoms with E-state index in [0.29, 0.717) is 10.8 Å². The molecule has 3 rings (SSSR count). The van der Waals surface area contributed by atoms with Crippen molar-refractivity contribution in [1.29, 1.82) is 0 Å². The van der Waals surface area contributed by atoms with Crippen LogP contribution in [-0.4, -0.2) is 37.5 Å². The summed E-state index contributed by atoms with van der Waals surface area (Å²) in [7, 11) is 0. The Kier molecular flexibility index (Phi) is 6.10. The maximum Gasteiger partial charge on any atom is 0.335 e. The number of anilines is 1. The quantitative estimate of drug-likeness (QED) is 0.587. The molecule has 0 bridgehead atoms. The third-order valence-corrected chi connectivity index (χ3v) is 4.90. The van der Waals surface area contributed by atoms with Gasteiger partial charge in [0.05, 0.1) is 11.3 Å². The summed E-state index contributed by atoms with van der Waals surface area (Å²) in [5, 5.41) is 20.9. The summed E-state index contributed by atoms with van der Waals surface area (Å²) in [5.41, 5.74) is 1.69. The Morgan fingerprint density at radius 2 is 1.75 bits per heavy atom. The highest BCUT2D eigenvalue weighted by Gasteiger charge is 2.17. The molecule has 0 unspecified atom stereocenters. The van der Waals surface area contributed by atoms with E-state index in [-0.39, 0.29) is 23.3 Å². The van der Waals surface area contributed by atoms with Crippen molar-refractivity contribution in [1.82, 2.24) is 14.8 Å². The van der Waals surface area contributed by atoms with Gasteiger partial charge in [0.15, 0.2) is 11.0 Å². The fourth-order valence-electron chi connectivity index (χ4n) is 2.65. The first-order chi connectivity index (χ1) is 13.5. The number of rotatable bonds is 7. The van der Waals surface area contributed by atoms with Gasteiger partial charge < -0.3 is 10.4 Å². The fourth-order valence-corrected chi connectivity index (χ4v) is 3.52. The molecule has 1 heterocycles. The van der Waals surface area contributed by atoms with E-state index in [2.05, 4.69) is 15.5 Å². The maximum absolute atomic E-state index is 12.3. The minimum absolute atomic E-state index is 0.138. The first kappa shape index (κ1) is 19.6. The zero-order chi connectivity index (χ0) is 20.1. The van der Waals surface area contributed by atoms with E-state index in [4.69, 9.17) is 5.11 Å². The number of carboxylic acids is 1. The van der Waals surface area contributed by atoms with Crippen molar-refractivity contribution in [3.63, 3.8) is 0 Å². The summed E-state index contributed by atoms with van der Waals surface area (Å²) in [6.07, 6.45) is 0. The highest BCUT2D eigenvalue weighted by Crippen LogP contribution is 2.27. The Labute approximate surface area is 166 Å². The van der Waals surface area contributed by atoms with Crippen LogP contribution in [-0.2, 0) is 4.79 Å². The van der Waals surface area contributed by atoms with Gasteiger partial charge in [0.25, 0.3) is 0 Å². The summed E-state index contributed by atoms with van der Waals surface area (Å²) in [5.74, 6) is -0.272. The second-order valence-corrected chi connectivity index (χ2v) is 7.30. The van der Waals surface area contributed by atoms with Gasteiger partial charge in [-0.1, -0.05) is 42.1 Å². The molecular weight excluding hydrogens is 376 g/mol. The molecule has 7 nitrogen and oxygen atoms in total. The Morgan fingerprint density at radius 1 is 1.07 bits per heavy atom. The molecule has 2 N–H and O–H groups in total. The van der Waals surface area contributed by atoms with Crippen LogP contribution in [0.4, 0.5) is 5.69 Å². The van der Waals surface area contributed by atoms with Gasteiger partial charge >= 0.3 is 5.97 Å². The minimum Gasteiger partial charge on any atom is -0.478 e. The molecule has 28 heavy (non-hydrogen) atoms. The lowest BCUT2D eigenvalue weighted by Crippen LogP contribution is -2.15. The van der Waals surface area contributed by atoms with E-state index < -0.39 is 5.97 Å². The van der Waals surface area contributed by atoms with Gasteiger partial charge in [0.2, 0.25) is 5.91 Å². The van der Waals surface area contributed by atoms with Crippen LogP contribution >= 0.6 is 11.8 Å². The summed E-state index contributed by atoms with van der Waals surface area (Å²) in [4.78, 5) is 23.1. The van der Waals surface area contributed by atoms with E-state index >= 15 is 0 Å². The van der Waals surface area contributed by atoms with Crippen molar-refractivity contribution in [2.75, 3.05) is 11.1 Å². The lowest BCUT2D eigenvalue weighted by molar-refractivity contribution is -0.113. The van der Waals surface area contributed by atoms with E-state index in [1.807, 2.05) is 48.7 Å². The number of thioether (sulfide) groups is 1. The number of hydrogen-bond donors (Lipinski definition) is 2. The first-order valence-electron chi connectivity index (χ1n) is 8.72. The zero-order valence-corrected chi connectivity index (χ0v) is 16.3. The van der Waals surface area contributed by atoms with E-state index in [9.17, 15) is 9.59 Å². The van der Waals surface area contributed by atoms with Gasteiger partial charge in [-0.25, -0.2) is 4.79 Å². The number of carbonyl (C=O) groups excluding carboxylic acids is 1. The maximum atomic E-state index is 12.3. The molecule has 0 spiro atoms. The standard InChI is InChI=1S/C20H20N4O3S/c1-13(2)24-18(14-6-4-3-5-7-14)22-23-20(24)28-12-17(25)21-16-10-8-15(9-11-16)19(26)27/h3-11,13H,12H2,1-2H3,(H,21,25)(H,26,27). The molecule has 0 aliphatic heterocycles. The minimum atomic E-state index is -1.00. The number of carbonyl (C=O) groups is 2. The predicted octanol–water partition coefficient (Wildman–Crippen LogP) is 3.96. The van der Waals surface area contributed by atoms with E-state index in [1.165, 1.54) is 23.9 Å². The molecule has 1 amide bonds. The Bertz CT molecular complexity index is 969. The molecule has 0 atom stereocenters. The molecule has 0 fully saturated rings. The molecular formula is C20H20N4O3S. The second kappa shape index (κ2) is 8.71. The van der Waals surface area contributed by atoms with Crippen LogP contribution in [0.2, 0.25) is 0 Å². The van der Waals surface area contributed by atoms with Crippen molar-refractivity contribution >= 4 is 29.3 Å². The van der Waals surface area contributed by atoms with Gasteiger partial charge in [0, 0.05) is 17.3 Å². The molecule has 0 radical (unpaired) electrons. The lowest BCUT2D eigenvalue weighted by Gasteiger charge is -2.13. The van der Waals surface area contributed by atoms with Crippen LogP contribution in [0.5, 0.6) is 0 Å². The Hall–Kier alpha value is -3.13. The van der Waals surface area contributed by atoms with E-state index in [0.717, 1.165) is 11.4 Å². The summed E-state index contributed by atoms with van der Waals surface area (Å²) in [6, 6.07) is 16.0. The molecule has 8 heteroatoms. The van der Waals surface area contributed by atoms with Gasteiger partial charge in [-0.05, 0) is 38.1 Å². The largest absolute Gasteiger partial charge is 0.478 e. The lowest BCUT2D eigenvalue weighted by atomic mass is 10.2. The van der Waals surface area contributed by atoms with Crippen LogP contribution in [0.1, 0.15) is 30.2 Å². The first-order valence-corrected chi connectivity index (χ1v) is 9.70. The van der Waals surface area contributed by atoms with Crippen molar-refractivity contribution in [2.24, 2.45) is 0 Å². The molecule has 1 aromatic heterocycles. The average Bonchev–Trinajstić information content (AvgIpc) is 3.12. The predicted molar refractivity (Wildman–Crippen MR) is 109 cm³/mol. The molecule has 3 aromatic rings. The number of hydrogen-bond acceptors (Lipinski definition) is 5. The zero-order valence-electron chi connectivity index (χ0n) is 15.5. The van der Waals surface area contributed by atoms with Crippen LogP contribution in [0.3, 0.4) is 0 Å². The van der Waals surface area contributed by atoms with E-state index in [1.54, 1.807) is 12.1 Å². The van der Waals surface area contributed by atoms with Crippen molar-refractivity contribution < 1.29 is 14.7 Å². The average molecular weight is 396 g/mol. The smallest absolute Gasteiger partial charge is 0.335 e. The normalized spacial score (nSPS) is 10.8. The number of aromatic carboxylic acids is 1. The molecule has 0 aliphatic rings.